The van der Waals surface area contributed by atoms with E-state index >= 15 is 0 Å². The van der Waals surface area contributed by atoms with Crippen molar-refractivity contribution in [3.05, 3.63) is 86.8 Å². The first-order chi connectivity index (χ1) is 12.1. The number of non-ortho nitro benzene ring substituents is 1. The third kappa shape index (κ3) is 2.22. The van der Waals surface area contributed by atoms with E-state index in [4.69, 9.17) is 0 Å². The molecule has 0 radical (unpaired) electrons. The summed E-state index contributed by atoms with van der Waals surface area (Å²) in [4.78, 5) is 52.7. The van der Waals surface area contributed by atoms with Crippen LogP contribution in [0.25, 0.3) is 11.6 Å². The molecule has 0 fully saturated rings. The van der Waals surface area contributed by atoms with Crippen molar-refractivity contribution in [3.8, 4) is 0 Å². The van der Waals surface area contributed by atoms with Crippen LogP contribution in [0, 0.1) is 40.5 Å². The Balaban J connectivity index is 2.46. The first-order valence-electron chi connectivity index (χ1n) is 6.62. The normalized spacial score (nSPS) is 15.0. The molecular weight excluding hydrogens is 356 g/mol. The quantitative estimate of drug-likeness (QED) is 0.567. The molecule has 0 saturated carbocycles. The van der Waals surface area contributed by atoms with Crippen molar-refractivity contribution in [3.63, 3.8) is 0 Å². The molecule has 26 heavy (non-hydrogen) atoms. The first-order valence-corrected chi connectivity index (χ1v) is 6.62. The molecule has 0 bridgehead atoms. The SMILES string of the molecule is O=C1C=C([N+](=O)[O-])C([N+](=O)[O-])=C2C1=Cc1cc([N+](=O)[O-])cc([N+](=O)[O-])c12. The molecule has 0 amide bonds. The number of ketones is 1. The first kappa shape index (κ1) is 16.6. The molecular formula is C13H4N4O9. The Morgan fingerprint density at radius 2 is 1.42 bits per heavy atom. The van der Waals surface area contributed by atoms with Crippen LogP contribution >= 0.6 is 0 Å². The van der Waals surface area contributed by atoms with Crippen molar-refractivity contribution >= 4 is 28.8 Å². The summed E-state index contributed by atoms with van der Waals surface area (Å²) >= 11 is 0. The number of hydrogen-bond donors (Lipinski definition) is 0. The van der Waals surface area contributed by atoms with Crippen molar-refractivity contribution in [1.29, 1.82) is 0 Å². The number of benzene rings is 1. The lowest BCUT2D eigenvalue weighted by molar-refractivity contribution is -0.478. The highest BCUT2D eigenvalue weighted by atomic mass is 16.6. The molecule has 0 atom stereocenters. The van der Waals surface area contributed by atoms with E-state index in [2.05, 4.69) is 0 Å². The number of allylic oxidation sites excluding steroid dienone is 3. The molecule has 13 heteroatoms. The van der Waals surface area contributed by atoms with Gasteiger partial charge in [0.2, 0.25) is 0 Å². The summed E-state index contributed by atoms with van der Waals surface area (Å²) < 4.78 is 0. The minimum atomic E-state index is -1.14. The second-order valence-corrected chi connectivity index (χ2v) is 5.13. The molecule has 0 N–H and O–H groups in total. The average Bonchev–Trinajstić information content (AvgIpc) is 2.92. The van der Waals surface area contributed by atoms with Crippen molar-refractivity contribution in [2.75, 3.05) is 0 Å². The molecule has 1 aromatic carbocycles. The van der Waals surface area contributed by atoms with Crippen LogP contribution in [0.4, 0.5) is 11.4 Å². The molecule has 130 valence electrons. The highest BCUT2D eigenvalue weighted by Crippen LogP contribution is 2.48. The largest absolute Gasteiger partial charge is 0.354 e. The molecule has 1 aromatic rings. The minimum Gasteiger partial charge on any atom is -0.289 e. The molecule has 0 saturated heterocycles. The van der Waals surface area contributed by atoms with Gasteiger partial charge in [0.1, 0.15) is 0 Å². The Labute approximate surface area is 141 Å². The summed E-state index contributed by atoms with van der Waals surface area (Å²) in [5, 5.41) is 44.7. The fourth-order valence-corrected chi connectivity index (χ4v) is 2.79. The summed E-state index contributed by atoms with van der Waals surface area (Å²) in [5.41, 5.74) is -5.32. The van der Waals surface area contributed by atoms with Crippen LogP contribution in [0.1, 0.15) is 11.1 Å². The summed E-state index contributed by atoms with van der Waals surface area (Å²) in [7, 11) is 0. The molecule has 2 aliphatic carbocycles. The van der Waals surface area contributed by atoms with Crippen LogP contribution in [0.15, 0.2) is 35.2 Å². The van der Waals surface area contributed by atoms with Crippen LogP contribution < -0.4 is 0 Å². The standard InChI is InChI=1S/C13H4N4O9/c18-10-4-9(16(23)24)13(17(25)26)12-7(10)2-5-1-6(14(19)20)3-8(11(5)12)15(21)22/h1-4H. The van der Waals surface area contributed by atoms with Crippen LogP contribution in [-0.4, -0.2) is 25.5 Å². The van der Waals surface area contributed by atoms with Crippen LogP contribution in [-0.2, 0) is 4.79 Å². The number of nitro groups is 4. The van der Waals surface area contributed by atoms with Gasteiger partial charge in [0.05, 0.1) is 43.0 Å². The van der Waals surface area contributed by atoms with Gasteiger partial charge in [0.15, 0.2) is 5.78 Å². The average molecular weight is 360 g/mol. The van der Waals surface area contributed by atoms with E-state index in [1.54, 1.807) is 0 Å². The summed E-state index contributed by atoms with van der Waals surface area (Å²) in [6, 6.07) is 1.48. The van der Waals surface area contributed by atoms with Gasteiger partial charge in [-0.3, -0.25) is 45.3 Å². The van der Waals surface area contributed by atoms with Gasteiger partial charge in [0, 0.05) is 11.6 Å². The molecule has 0 aromatic heterocycles. The van der Waals surface area contributed by atoms with Crippen LogP contribution in [0.2, 0.25) is 0 Å². The number of fused-ring (bicyclic) bond motifs is 3. The fourth-order valence-electron chi connectivity index (χ4n) is 2.79. The number of nitro benzene ring substituents is 2. The molecule has 0 spiro atoms. The monoisotopic (exact) mass is 360 g/mol. The van der Waals surface area contributed by atoms with Gasteiger partial charge in [-0.2, -0.15) is 0 Å². The smallest absolute Gasteiger partial charge is 0.289 e. The Hall–Kier alpha value is -4.29. The zero-order valence-electron chi connectivity index (χ0n) is 12.3. The minimum absolute atomic E-state index is 0.179. The molecule has 2 aliphatic rings. The molecule has 0 aliphatic heterocycles. The summed E-state index contributed by atoms with van der Waals surface area (Å²) in [5.74, 6) is -0.967. The third-order valence-electron chi connectivity index (χ3n) is 3.75. The van der Waals surface area contributed by atoms with Crippen LogP contribution in [0.5, 0.6) is 0 Å². The maximum absolute atomic E-state index is 12.1. The van der Waals surface area contributed by atoms with Gasteiger partial charge in [-0.05, 0) is 11.6 Å². The molecule has 13 nitrogen and oxygen atoms in total. The van der Waals surface area contributed by atoms with Gasteiger partial charge >= 0.3 is 11.4 Å². The number of carbonyl (C=O) groups is 1. The van der Waals surface area contributed by atoms with E-state index in [0.29, 0.717) is 12.1 Å². The number of carbonyl (C=O) groups excluding carboxylic acids is 1. The molecule has 0 heterocycles. The second-order valence-electron chi connectivity index (χ2n) is 5.13. The predicted octanol–water partition coefficient (Wildman–Crippen LogP) is 1.63. The van der Waals surface area contributed by atoms with E-state index in [9.17, 15) is 45.3 Å². The summed E-state index contributed by atoms with van der Waals surface area (Å²) in [6.45, 7) is 0. The van der Waals surface area contributed by atoms with Gasteiger partial charge < -0.3 is 0 Å². The van der Waals surface area contributed by atoms with Gasteiger partial charge in [-0.1, -0.05) is 0 Å². The Kier molecular flexibility index (Phi) is 3.42. The van der Waals surface area contributed by atoms with Crippen molar-refractivity contribution in [2.24, 2.45) is 0 Å². The Bertz CT molecular complexity index is 1060. The zero-order chi connectivity index (χ0) is 19.3. The maximum atomic E-state index is 12.1. The van der Waals surface area contributed by atoms with E-state index in [1.807, 2.05) is 0 Å². The van der Waals surface area contributed by atoms with Crippen molar-refractivity contribution in [2.45, 2.75) is 0 Å². The number of nitrogens with zero attached hydrogens (tertiary/aromatic N) is 4. The van der Waals surface area contributed by atoms with E-state index in [-0.39, 0.29) is 11.1 Å². The van der Waals surface area contributed by atoms with Gasteiger partial charge in [0.25, 0.3) is 11.4 Å². The fraction of sp³-hybridized carbons (Fsp3) is 0. The zero-order valence-corrected chi connectivity index (χ0v) is 12.3. The Morgan fingerprint density at radius 3 is 1.92 bits per heavy atom. The topological polar surface area (TPSA) is 190 Å². The lowest BCUT2D eigenvalue weighted by atomic mass is 9.91. The van der Waals surface area contributed by atoms with Crippen LogP contribution in [0.3, 0.4) is 0 Å². The summed E-state index contributed by atoms with van der Waals surface area (Å²) in [6.07, 6.45) is 1.45. The highest BCUT2D eigenvalue weighted by Gasteiger charge is 2.46. The second kappa shape index (κ2) is 5.37. The Morgan fingerprint density at radius 1 is 0.769 bits per heavy atom. The van der Waals surface area contributed by atoms with Crippen molar-refractivity contribution < 1.29 is 24.5 Å². The van der Waals surface area contributed by atoms with Gasteiger partial charge in [-0.15, -0.1) is 0 Å². The number of hydrogen-bond acceptors (Lipinski definition) is 9. The van der Waals surface area contributed by atoms with E-state index in [1.165, 1.54) is 0 Å². The lowest BCUT2D eigenvalue weighted by Crippen LogP contribution is -2.19. The molecule has 3 rings (SSSR count). The highest BCUT2D eigenvalue weighted by molar-refractivity contribution is 6.25. The van der Waals surface area contributed by atoms with E-state index in [0.717, 1.165) is 12.1 Å². The van der Waals surface area contributed by atoms with Gasteiger partial charge in [-0.25, -0.2) is 0 Å². The molecule has 0 unspecified atom stereocenters. The van der Waals surface area contributed by atoms with E-state index < -0.39 is 59.4 Å². The lowest BCUT2D eigenvalue weighted by Gasteiger charge is -2.10. The van der Waals surface area contributed by atoms with Crippen molar-refractivity contribution in [1.82, 2.24) is 0 Å². The maximum Gasteiger partial charge on any atom is 0.354 e. The number of rotatable bonds is 4. The third-order valence-corrected chi connectivity index (χ3v) is 3.75. The predicted molar refractivity (Wildman–Crippen MR) is 81.7 cm³/mol.